The molecule has 22 heavy (non-hydrogen) atoms. The van der Waals surface area contributed by atoms with Gasteiger partial charge in [-0.3, -0.25) is 4.79 Å². The second-order valence-electron chi connectivity index (χ2n) is 5.35. The number of fused-ring (bicyclic) bond motifs is 1. The average Bonchev–Trinajstić information content (AvgIpc) is 2.41. The molecule has 0 amide bonds. The van der Waals surface area contributed by atoms with E-state index in [-0.39, 0.29) is 11.5 Å². The van der Waals surface area contributed by atoms with Crippen molar-refractivity contribution < 1.29 is 13.2 Å². The molecule has 120 valence electrons. The van der Waals surface area contributed by atoms with Crippen molar-refractivity contribution >= 4 is 20.7 Å². The molecule has 0 saturated heterocycles. The molecule has 1 atom stereocenters. The Kier molecular flexibility index (Phi) is 4.25. The zero-order chi connectivity index (χ0) is 16.7. The molecule has 0 aliphatic carbocycles. The maximum Gasteiger partial charge on any atom is 0.329 e. The summed E-state index contributed by atoms with van der Waals surface area (Å²) in [6, 6.07) is 3.32. The number of benzene rings is 1. The van der Waals surface area contributed by atoms with Gasteiger partial charge in [0.1, 0.15) is 5.88 Å². The van der Waals surface area contributed by atoms with Gasteiger partial charge in [0.15, 0.2) is 9.84 Å². The molecular formula is C14H18N2O5S. The van der Waals surface area contributed by atoms with Crippen LogP contribution in [0.15, 0.2) is 21.7 Å². The van der Waals surface area contributed by atoms with Crippen LogP contribution < -0.4 is 11.2 Å². The van der Waals surface area contributed by atoms with Gasteiger partial charge >= 0.3 is 5.69 Å². The van der Waals surface area contributed by atoms with Gasteiger partial charge in [-0.1, -0.05) is 0 Å². The summed E-state index contributed by atoms with van der Waals surface area (Å²) in [6.45, 7) is 3.69. The van der Waals surface area contributed by atoms with Gasteiger partial charge in [-0.15, -0.1) is 0 Å². The van der Waals surface area contributed by atoms with E-state index in [0.29, 0.717) is 10.1 Å². The molecule has 0 aliphatic rings. The van der Waals surface area contributed by atoms with Crippen molar-refractivity contribution in [2.45, 2.75) is 25.8 Å². The first-order valence-corrected chi connectivity index (χ1v) is 8.68. The van der Waals surface area contributed by atoms with Gasteiger partial charge in [0.05, 0.1) is 17.0 Å². The van der Waals surface area contributed by atoms with Crippen molar-refractivity contribution in [1.29, 1.82) is 0 Å². The van der Waals surface area contributed by atoms with Gasteiger partial charge in [0.25, 0.3) is 5.56 Å². The van der Waals surface area contributed by atoms with Crippen LogP contribution in [0.5, 0.6) is 0 Å². The molecule has 1 heterocycles. The Morgan fingerprint density at radius 1 is 1.32 bits per heavy atom. The molecule has 2 aromatic rings. The topological polar surface area (TPSA) is 98.2 Å². The van der Waals surface area contributed by atoms with Crippen LogP contribution in [0, 0.1) is 6.92 Å². The summed E-state index contributed by atoms with van der Waals surface area (Å²) in [5.41, 5.74) is 0.690. The zero-order valence-electron chi connectivity index (χ0n) is 12.8. The Morgan fingerprint density at radius 2 is 1.95 bits per heavy atom. The third kappa shape index (κ3) is 3.12. The molecule has 1 N–H and O–H groups in total. The molecule has 0 aliphatic heterocycles. The van der Waals surface area contributed by atoms with Crippen LogP contribution in [0.3, 0.4) is 0 Å². The van der Waals surface area contributed by atoms with Crippen LogP contribution in [0.4, 0.5) is 0 Å². The van der Waals surface area contributed by atoms with E-state index in [0.717, 1.165) is 17.4 Å². The number of methoxy groups -OCH3 is 1. The molecule has 0 bridgehead atoms. The second kappa shape index (κ2) is 5.69. The standard InChI is InChI=1S/C14H18N2O5S/c1-8-5-12-11(6-10(8)9(2)21-3)13(17)16(14(18)15-12)7-22(4,19)20/h5-6,9H,7H2,1-4H3,(H,15,18). The lowest BCUT2D eigenvalue weighted by Crippen LogP contribution is -2.37. The van der Waals surface area contributed by atoms with Crippen molar-refractivity contribution in [2.75, 3.05) is 13.4 Å². The van der Waals surface area contributed by atoms with E-state index in [2.05, 4.69) is 4.98 Å². The summed E-state index contributed by atoms with van der Waals surface area (Å²) >= 11 is 0. The number of hydrogen-bond donors (Lipinski definition) is 1. The number of sulfone groups is 1. The minimum absolute atomic E-state index is 0.223. The quantitative estimate of drug-likeness (QED) is 0.892. The minimum atomic E-state index is -3.51. The molecule has 0 saturated carbocycles. The maximum absolute atomic E-state index is 12.4. The number of hydrogen-bond acceptors (Lipinski definition) is 5. The monoisotopic (exact) mass is 326 g/mol. The Hall–Kier alpha value is -1.93. The molecule has 2 rings (SSSR count). The highest BCUT2D eigenvalue weighted by atomic mass is 32.2. The molecule has 7 nitrogen and oxygen atoms in total. The maximum atomic E-state index is 12.4. The van der Waals surface area contributed by atoms with E-state index < -0.39 is 27.0 Å². The second-order valence-corrected chi connectivity index (χ2v) is 7.46. The van der Waals surface area contributed by atoms with Crippen molar-refractivity contribution in [3.63, 3.8) is 0 Å². The summed E-state index contributed by atoms with van der Waals surface area (Å²) < 4.78 is 28.7. The van der Waals surface area contributed by atoms with Crippen LogP contribution in [0.25, 0.3) is 10.9 Å². The molecule has 1 aromatic carbocycles. The van der Waals surface area contributed by atoms with E-state index in [1.165, 1.54) is 0 Å². The lowest BCUT2D eigenvalue weighted by molar-refractivity contribution is 0.119. The van der Waals surface area contributed by atoms with Crippen LogP contribution in [0.1, 0.15) is 24.2 Å². The number of aryl methyl sites for hydroxylation is 1. The minimum Gasteiger partial charge on any atom is -0.377 e. The predicted octanol–water partition coefficient (Wildman–Crippen LogP) is 0.708. The first-order valence-electron chi connectivity index (χ1n) is 6.62. The number of rotatable bonds is 4. The number of ether oxygens (including phenoxy) is 1. The predicted molar refractivity (Wildman–Crippen MR) is 83.8 cm³/mol. The van der Waals surface area contributed by atoms with Crippen molar-refractivity contribution in [3.05, 3.63) is 44.1 Å². The SMILES string of the molecule is COC(C)c1cc2c(=O)n(CS(C)(=O)=O)c(=O)[nH]c2cc1C. The highest BCUT2D eigenvalue weighted by molar-refractivity contribution is 7.89. The normalized spacial score (nSPS) is 13.5. The largest absolute Gasteiger partial charge is 0.377 e. The van der Waals surface area contributed by atoms with Gasteiger partial charge in [-0.25, -0.2) is 17.8 Å². The van der Waals surface area contributed by atoms with Crippen LogP contribution in [-0.2, 0) is 20.5 Å². The molecule has 1 aromatic heterocycles. The first kappa shape index (κ1) is 16.4. The van der Waals surface area contributed by atoms with Gasteiger partial charge in [-0.05, 0) is 37.1 Å². The van der Waals surface area contributed by atoms with E-state index in [4.69, 9.17) is 4.74 Å². The summed E-state index contributed by atoms with van der Waals surface area (Å²) in [4.78, 5) is 26.9. The molecule has 8 heteroatoms. The van der Waals surface area contributed by atoms with Crippen LogP contribution >= 0.6 is 0 Å². The molecule has 0 fully saturated rings. The van der Waals surface area contributed by atoms with Gasteiger partial charge in [0, 0.05) is 13.4 Å². The number of aromatic nitrogens is 2. The highest BCUT2D eigenvalue weighted by Gasteiger charge is 2.15. The van der Waals surface area contributed by atoms with Crippen molar-refractivity contribution in [1.82, 2.24) is 9.55 Å². The van der Waals surface area contributed by atoms with Crippen molar-refractivity contribution in [3.8, 4) is 0 Å². The Balaban J connectivity index is 2.81. The van der Waals surface area contributed by atoms with Crippen LogP contribution in [-0.4, -0.2) is 31.3 Å². The molecule has 1 unspecified atom stereocenters. The van der Waals surface area contributed by atoms with E-state index in [1.807, 2.05) is 13.8 Å². The lowest BCUT2D eigenvalue weighted by atomic mass is 10.0. The highest BCUT2D eigenvalue weighted by Crippen LogP contribution is 2.23. The van der Waals surface area contributed by atoms with E-state index in [1.54, 1.807) is 19.2 Å². The van der Waals surface area contributed by atoms with Gasteiger partial charge in [-0.2, -0.15) is 0 Å². The smallest absolute Gasteiger partial charge is 0.329 e. The van der Waals surface area contributed by atoms with Gasteiger partial charge in [0.2, 0.25) is 0 Å². The number of aromatic amines is 1. The first-order chi connectivity index (χ1) is 10.1. The average molecular weight is 326 g/mol. The third-order valence-corrected chi connectivity index (χ3v) is 4.25. The molecule has 0 radical (unpaired) electrons. The van der Waals surface area contributed by atoms with Crippen molar-refractivity contribution in [2.24, 2.45) is 0 Å². The third-order valence-electron chi connectivity index (χ3n) is 3.52. The number of H-pyrrole nitrogens is 1. The summed E-state index contributed by atoms with van der Waals surface area (Å²) in [5, 5.41) is 0.257. The van der Waals surface area contributed by atoms with Gasteiger partial charge < -0.3 is 9.72 Å². The number of nitrogens with one attached hydrogen (secondary N) is 1. The summed E-state index contributed by atoms with van der Waals surface area (Å²) in [6.07, 6.45) is 0.746. The van der Waals surface area contributed by atoms with E-state index in [9.17, 15) is 18.0 Å². The lowest BCUT2D eigenvalue weighted by Gasteiger charge is -2.14. The Morgan fingerprint density at radius 3 is 2.50 bits per heavy atom. The summed E-state index contributed by atoms with van der Waals surface area (Å²) in [5.74, 6) is -0.653. The summed E-state index contributed by atoms with van der Waals surface area (Å²) in [7, 11) is -1.95. The Bertz CT molecular complexity index is 940. The Labute approximate surface area is 127 Å². The van der Waals surface area contributed by atoms with E-state index >= 15 is 0 Å². The number of nitrogens with zero attached hydrogens (tertiary/aromatic N) is 1. The molecule has 0 spiro atoms. The fraction of sp³-hybridized carbons (Fsp3) is 0.429. The fourth-order valence-electron chi connectivity index (χ4n) is 2.34. The zero-order valence-corrected chi connectivity index (χ0v) is 13.7. The molecular weight excluding hydrogens is 308 g/mol. The van der Waals surface area contributed by atoms with Crippen LogP contribution in [0.2, 0.25) is 0 Å². The fourth-order valence-corrected chi connectivity index (χ4v) is 3.05.